The Bertz CT molecular complexity index is 351. The molecule has 1 atom stereocenters. The van der Waals surface area contributed by atoms with E-state index >= 15 is 0 Å². The molecule has 1 rings (SSSR count). The fraction of sp³-hybridized carbons (Fsp3) is 0.625. The van der Waals surface area contributed by atoms with Gasteiger partial charge in [0, 0.05) is 6.61 Å². The topological polar surface area (TPSA) is 53.7 Å². The van der Waals surface area contributed by atoms with Gasteiger partial charge in [-0.15, -0.1) is 0 Å². The summed E-state index contributed by atoms with van der Waals surface area (Å²) in [6, 6.07) is 7.72. The molecule has 2 N–H and O–H groups in total. The van der Waals surface area contributed by atoms with Crippen molar-refractivity contribution in [2.24, 2.45) is 11.7 Å². The van der Waals surface area contributed by atoms with Gasteiger partial charge in [-0.25, -0.2) is 0 Å². The summed E-state index contributed by atoms with van der Waals surface area (Å²) < 4.78 is 16.4. The largest absolute Gasteiger partial charge is 0.494 e. The molecule has 0 aromatic heterocycles. The van der Waals surface area contributed by atoms with E-state index in [1.807, 2.05) is 31.2 Å². The molecule has 0 aliphatic carbocycles. The molecule has 0 fully saturated rings. The van der Waals surface area contributed by atoms with Crippen LogP contribution in [0.1, 0.15) is 32.4 Å². The SMILES string of the molecule is CCOc1ccc(C(N)COCCOCC(C)C)cc1. The highest BCUT2D eigenvalue weighted by atomic mass is 16.5. The van der Waals surface area contributed by atoms with E-state index in [-0.39, 0.29) is 6.04 Å². The lowest BCUT2D eigenvalue weighted by molar-refractivity contribution is 0.0333. The molecule has 0 radical (unpaired) electrons. The maximum absolute atomic E-state index is 6.08. The van der Waals surface area contributed by atoms with Crippen LogP contribution in [0.15, 0.2) is 24.3 Å². The van der Waals surface area contributed by atoms with Crippen LogP contribution in [0.3, 0.4) is 0 Å². The number of nitrogens with two attached hydrogens (primary N) is 1. The highest BCUT2D eigenvalue weighted by Crippen LogP contribution is 2.16. The third-order valence-corrected chi connectivity index (χ3v) is 2.74. The van der Waals surface area contributed by atoms with Crippen molar-refractivity contribution in [1.82, 2.24) is 0 Å². The van der Waals surface area contributed by atoms with Crippen LogP contribution in [0.4, 0.5) is 0 Å². The lowest BCUT2D eigenvalue weighted by atomic mass is 10.1. The van der Waals surface area contributed by atoms with Crippen molar-refractivity contribution in [3.8, 4) is 5.75 Å². The van der Waals surface area contributed by atoms with Crippen LogP contribution in [0.25, 0.3) is 0 Å². The predicted molar refractivity (Wildman–Crippen MR) is 81.0 cm³/mol. The zero-order valence-electron chi connectivity index (χ0n) is 12.8. The fourth-order valence-corrected chi connectivity index (χ4v) is 1.72. The Morgan fingerprint density at radius 2 is 1.60 bits per heavy atom. The molecular weight excluding hydrogens is 254 g/mol. The van der Waals surface area contributed by atoms with E-state index in [1.54, 1.807) is 0 Å². The molecule has 0 amide bonds. The minimum atomic E-state index is -0.115. The second-order valence-corrected chi connectivity index (χ2v) is 5.15. The van der Waals surface area contributed by atoms with E-state index in [9.17, 15) is 0 Å². The Balaban J connectivity index is 2.20. The standard InChI is InChI=1S/C16H27NO3/c1-4-20-15-7-5-14(6-8-15)16(17)12-19-10-9-18-11-13(2)3/h5-8,13,16H,4,9-12,17H2,1-3H3. The molecule has 4 nitrogen and oxygen atoms in total. The van der Waals surface area contributed by atoms with Gasteiger partial charge in [0.1, 0.15) is 5.75 Å². The van der Waals surface area contributed by atoms with Crippen LogP contribution >= 0.6 is 0 Å². The first kappa shape index (κ1) is 17.0. The van der Waals surface area contributed by atoms with Gasteiger partial charge in [0.15, 0.2) is 0 Å². The van der Waals surface area contributed by atoms with E-state index in [0.717, 1.165) is 17.9 Å². The van der Waals surface area contributed by atoms with Gasteiger partial charge in [-0.3, -0.25) is 0 Å². The Morgan fingerprint density at radius 3 is 2.15 bits per heavy atom. The van der Waals surface area contributed by atoms with Crippen LogP contribution in [0, 0.1) is 5.92 Å². The molecule has 0 aliphatic rings. The van der Waals surface area contributed by atoms with E-state index in [4.69, 9.17) is 19.9 Å². The minimum Gasteiger partial charge on any atom is -0.494 e. The van der Waals surface area contributed by atoms with Gasteiger partial charge in [0.2, 0.25) is 0 Å². The number of hydrogen-bond donors (Lipinski definition) is 1. The van der Waals surface area contributed by atoms with Gasteiger partial charge >= 0.3 is 0 Å². The van der Waals surface area contributed by atoms with Gasteiger partial charge in [0.25, 0.3) is 0 Å². The average Bonchev–Trinajstić information content (AvgIpc) is 2.43. The summed E-state index contributed by atoms with van der Waals surface area (Å²) in [7, 11) is 0. The quantitative estimate of drug-likeness (QED) is 0.670. The number of rotatable bonds is 10. The molecule has 1 unspecified atom stereocenters. The molecule has 0 bridgehead atoms. The molecule has 1 aromatic carbocycles. The van der Waals surface area contributed by atoms with Crippen LogP contribution in [0.5, 0.6) is 5.75 Å². The second kappa shape index (κ2) is 9.75. The van der Waals surface area contributed by atoms with Crippen molar-refractivity contribution < 1.29 is 14.2 Å². The molecular formula is C16H27NO3. The molecule has 20 heavy (non-hydrogen) atoms. The van der Waals surface area contributed by atoms with Crippen LogP contribution in [0.2, 0.25) is 0 Å². The summed E-state index contributed by atoms with van der Waals surface area (Å²) in [6.45, 7) is 9.37. The second-order valence-electron chi connectivity index (χ2n) is 5.15. The van der Waals surface area contributed by atoms with Crippen LogP contribution in [-0.2, 0) is 9.47 Å². The first-order valence-electron chi connectivity index (χ1n) is 7.27. The van der Waals surface area contributed by atoms with Gasteiger partial charge < -0.3 is 19.9 Å². The van der Waals surface area contributed by atoms with E-state index in [2.05, 4.69) is 13.8 Å². The van der Waals surface area contributed by atoms with Crippen LogP contribution < -0.4 is 10.5 Å². The first-order chi connectivity index (χ1) is 9.63. The summed E-state index contributed by atoms with van der Waals surface area (Å²) in [5, 5.41) is 0. The molecule has 114 valence electrons. The van der Waals surface area contributed by atoms with Gasteiger partial charge in [0.05, 0.1) is 32.5 Å². The zero-order valence-corrected chi connectivity index (χ0v) is 12.8. The molecule has 0 aliphatic heterocycles. The fourth-order valence-electron chi connectivity index (χ4n) is 1.72. The summed E-state index contributed by atoms with van der Waals surface area (Å²) in [4.78, 5) is 0. The molecule has 0 saturated heterocycles. The van der Waals surface area contributed by atoms with Gasteiger partial charge in [-0.2, -0.15) is 0 Å². The van der Waals surface area contributed by atoms with Crippen molar-refractivity contribution in [2.75, 3.05) is 33.0 Å². The lowest BCUT2D eigenvalue weighted by Crippen LogP contribution is -2.19. The van der Waals surface area contributed by atoms with E-state index in [0.29, 0.717) is 32.3 Å². The molecule has 4 heteroatoms. The Labute approximate surface area is 122 Å². The number of benzene rings is 1. The van der Waals surface area contributed by atoms with Crippen molar-refractivity contribution in [1.29, 1.82) is 0 Å². The molecule has 0 spiro atoms. The van der Waals surface area contributed by atoms with E-state index < -0.39 is 0 Å². The Morgan fingerprint density at radius 1 is 1.00 bits per heavy atom. The maximum Gasteiger partial charge on any atom is 0.119 e. The Hall–Kier alpha value is -1.10. The molecule has 1 aromatic rings. The highest BCUT2D eigenvalue weighted by molar-refractivity contribution is 5.29. The lowest BCUT2D eigenvalue weighted by Gasteiger charge is -2.14. The summed E-state index contributed by atoms with van der Waals surface area (Å²) in [6.07, 6.45) is 0. The monoisotopic (exact) mass is 281 g/mol. The van der Waals surface area contributed by atoms with Crippen molar-refractivity contribution in [3.05, 3.63) is 29.8 Å². The third kappa shape index (κ3) is 6.89. The van der Waals surface area contributed by atoms with Gasteiger partial charge in [-0.05, 0) is 30.5 Å². The summed E-state index contributed by atoms with van der Waals surface area (Å²) >= 11 is 0. The maximum atomic E-state index is 6.08. The first-order valence-corrected chi connectivity index (χ1v) is 7.27. The highest BCUT2D eigenvalue weighted by Gasteiger charge is 2.06. The molecule has 0 heterocycles. The number of ether oxygens (including phenoxy) is 3. The minimum absolute atomic E-state index is 0.115. The summed E-state index contributed by atoms with van der Waals surface area (Å²) in [5.74, 6) is 1.42. The normalized spacial score (nSPS) is 12.7. The number of hydrogen-bond acceptors (Lipinski definition) is 4. The third-order valence-electron chi connectivity index (χ3n) is 2.74. The molecule has 0 saturated carbocycles. The zero-order chi connectivity index (χ0) is 14.8. The smallest absolute Gasteiger partial charge is 0.119 e. The van der Waals surface area contributed by atoms with Crippen molar-refractivity contribution >= 4 is 0 Å². The Kier molecular flexibility index (Phi) is 8.26. The van der Waals surface area contributed by atoms with E-state index in [1.165, 1.54) is 0 Å². The van der Waals surface area contributed by atoms with Crippen LogP contribution in [-0.4, -0.2) is 33.0 Å². The predicted octanol–water partition coefficient (Wildman–Crippen LogP) is 2.77. The average molecular weight is 281 g/mol. The van der Waals surface area contributed by atoms with Gasteiger partial charge in [-0.1, -0.05) is 26.0 Å². The summed E-state index contributed by atoms with van der Waals surface area (Å²) in [5.41, 5.74) is 7.13. The van der Waals surface area contributed by atoms with Crippen molar-refractivity contribution in [3.63, 3.8) is 0 Å². The van der Waals surface area contributed by atoms with Crippen molar-refractivity contribution in [2.45, 2.75) is 26.8 Å².